The van der Waals surface area contributed by atoms with E-state index in [1.807, 2.05) is 18.2 Å². The van der Waals surface area contributed by atoms with E-state index >= 15 is 0 Å². The van der Waals surface area contributed by atoms with Crippen molar-refractivity contribution in [2.45, 2.75) is 83.1 Å². The minimum atomic E-state index is -1.15. The molecule has 4 rings (SSSR count). The Balaban J connectivity index is 1.25. The maximum atomic E-state index is 13.3. The number of hydrogen-bond acceptors (Lipinski definition) is 6. The molecular weight excluding hydrogens is 558 g/mol. The molecule has 10 heteroatoms. The number of carbonyl (C=O) groups is 4. The van der Waals surface area contributed by atoms with Crippen LogP contribution in [0.1, 0.15) is 76.2 Å². The van der Waals surface area contributed by atoms with Gasteiger partial charge in [-0.3, -0.25) is 19.2 Å². The third-order valence-electron chi connectivity index (χ3n) is 9.86. The topological polar surface area (TPSA) is 140 Å². The molecule has 0 bridgehead atoms. The van der Waals surface area contributed by atoms with Gasteiger partial charge < -0.3 is 31.3 Å². The number of hydrogen-bond donors (Lipinski definition) is 5. The van der Waals surface area contributed by atoms with E-state index in [-0.39, 0.29) is 24.3 Å². The number of carbonyl (C=O) groups excluding carboxylic acids is 3. The lowest BCUT2D eigenvalue weighted by molar-refractivity contribution is -0.144. The highest BCUT2D eigenvalue weighted by molar-refractivity contribution is 5.92. The van der Waals surface area contributed by atoms with Gasteiger partial charge in [0.15, 0.2) is 0 Å². The summed E-state index contributed by atoms with van der Waals surface area (Å²) in [6.07, 6.45) is 10.3. The summed E-state index contributed by atoms with van der Waals surface area (Å²) in [5.74, 6) is -0.616. The number of nitrogens with zero attached hydrogens (tertiary/aromatic N) is 1. The minimum absolute atomic E-state index is 0.121. The van der Waals surface area contributed by atoms with Gasteiger partial charge in [0.1, 0.15) is 6.04 Å². The number of rotatable bonds is 15. The quantitative estimate of drug-likeness (QED) is 0.206. The number of nitrogens with one attached hydrogen (secondary N) is 4. The second kappa shape index (κ2) is 18.1. The smallest absolute Gasteiger partial charge is 0.305 e. The van der Waals surface area contributed by atoms with E-state index in [1.165, 1.54) is 5.56 Å². The number of aliphatic carboxylic acids is 1. The second-order valence-electron chi connectivity index (χ2n) is 13.1. The number of amides is 3. The van der Waals surface area contributed by atoms with Crippen LogP contribution in [-0.4, -0.2) is 85.6 Å². The van der Waals surface area contributed by atoms with Crippen LogP contribution in [0.4, 0.5) is 0 Å². The zero-order valence-electron chi connectivity index (χ0n) is 26.2. The highest BCUT2D eigenvalue weighted by Crippen LogP contribution is 2.27. The first-order valence-electron chi connectivity index (χ1n) is 16.9. The Labute approximate surface area is 262 Å². The van der Waals surface area contributed by atoms with Crippen molar-refractivity contribution in [1.29, 1.82) is 0 Å². The summed E-state index contributed by atoms with van der Waals surface area (Å²) in [6.45, 7) is 4.91. The molecule has 5 N–H and O–H groups in total. The fourth-order valence-corrected chi connectivity index (χ4v) is 7.08. The van der Waals surface area contributed by atoms with Crippen LogP contribution in [0.3, 0.4) is 0 Å². The molecule has 1 atom stereocenters. The van der Waals surface area contributed by atoms with Crippen LogP contribution in [0.5, 0.6) is 0 Å². The van der Waals surface area contributed by atoms with Crippen LogP contribution < -0.4 is 21.3 Å². The predicted octanol–water partition coefficient (Wildman–Crippen LogP) is 2.72. The maximum absolute atomic E-state index is 13.3. The molecule has 3 fully saturated rings. The summed E-state index contributed by atoms with van der Waals surface area (Å²) in [4.78, 5) is 52.8. The molecule has 0 aliphatic carbocycles. The molecule has 10 nitrogen and oxygen atoms in total. The van der Waals surface area contributed by atoms with Crippen LogP contribution in [0.25, 0.3) is 0 Å². The summed E-state index contributed by atoms with van der Waals surface area (Å²) < 4.78 is 0. The van der Waals surface area contributed by atoms with Crippen LogP contribution in [0, 0.1) is 23.7 Å². The zero-order valence-corrected chi connectivity index (χ0v) is 26.2. The van der Waals surface area contributed by atoms with Crippen LogP contribution in [0.2, 0.25) is 0 Å². The van der Waals surface area contributed by atoms with Crippen molar-refractivity contribution in [3.8, 4) is 0 Å². The SMILES string of the molecule is O=C(O)C[C@H](NC(=O)CNC(=O)C(CCC1CCNCC1)CCC1CCNCC1)C(=O)N1CCC(Cc2ccccc2)CC1. The molecule has 44 heavy (non-hydrogen) atoms. The molecular formula is C34H53N5O5. The highest BCUT2D eigenvalue weighted by atomic mass is 16.4. The summed E-state index contributed by atoms with van der Waals surface area (Å²) in [5.41, 5.74) is 1.27. The predicted molar refractivity (Wildman–Crippen MR) is 170 cm³/mol. The molecule has 0 aromatic heterocycles. The molecule has 0 saturated carbocycles. The summed E-state index contributed by atoms with van der Waals surface area (Å²) in [6, 6.07) is 9.12. The van der Waals surface area contributed by atoms with Crippen LogP contribution in [0.15, 0.2) is 30.3 Å². The molecule has 0 radical (unpaired) electrons. The molecule has 3 aliphatic rings. The Hall–Kier alpha value is -2.98. The minimum Gasteiger partial charge on any atom is -0.481 e. The molecule has 0 spiro atoms. The number of likely N-dealkylation sites (tertiary alicyclic amines) is 1. The third kappa shape index (κ3) is 11.5. The van der Waals surface area contributed by atoms with Gasteiger partial charge in [-0.25, -0.2) is 0 Å². The van der Waals surface area contributed by atoms with Crippen molar-refractivity contribution in [2.24, 2.45) is 23.7 Å². The zero-order chi connectivity index (χ0) is 31.1. The molecule has 3 aliphatic heterocycles. The first-order chi connectivity index (χ1) is 21.4. The average Bonchev–Trinajstić information content (AvgIpc) is 3.04. The normalized spacial score (nSPS) is 19.4. The van der Waals surface area contributed by atoms with E-state index < -0.39 is 24.3 Å². The van der Waals surface area contributed by atoms with Crippen molar-refractivity contribution in [3.63, 3.8) is 0 Å². The fourth-order valence-electron chi connectivity index (χ4n) is 7.08. The lowest BCUT2D eigenvalue weighted by Gasteiger charge is -2.34. The molecule has 1 aromatic carbocycles. The molecule has 0 unspecified atom stereocenters. The van der Waals surface area contributed by atoms with E-state index in [0.29, 0.717) is 30.8 Å². The maximum Gasteiger partial charge on any atom is 0.305 e. The largest absolute Gasteiger partial charge is 0.481 e. The van der Waals surface area contributed by atoms with Gasteiger partial charge in [0.2, 0.25) is 17.7 Å². The molecule has 3 heterocycles. The van der Waals surface area contributed by atoms with Gasteiger partial charge in [-0.1, -0.05) is 30.3 Å². The Bertz CT molecular complexity index is 1030. The first kappa shape index (κ1) is 33.9. The number of carboxylic acid groups (broad SMARTS) is 1. The van der Waals surface area contributed by atoms with Crippen molar-refractivity contribution in [1.82, 2.24) is 26.2 Å². The summed E-state index contributed by atoms with van der Waals surface area (Å²) >= 11 is 0. The summed E-state index contributed by atoms with van der Waals surface area (Å²) in [5, 5.41) is 21.7. The van der Waals surface area contributed by atoms with E-state index in [9.17, 15) is 24.3 Å². The van der Waals surface area contributed by atoms with Crippen LogP contribution >= 0.6 is 0 Å². The third-order valence-corrected chi connectivity index (χ3v) is 9.86. The lowest BCUT2D eigenvalue weighted by Crippen LogP contribution is -2.53. The van der Waals surface area contributed by atoms with E-state index in [2.05, 4.69) is 33.4 Å². The molecule has 244 valence electrons. The van der Waals surface area contributed by atoms with Crippen molar-refractivity contribution >= 4 is 23.7 Å². The Morgan fingerprint density at radius 3 is 1.93 bits per heavy atom. The fraction of sp³-hybridized carbons (Fsp3) is 0.706. The van der Waals surface area contributed by atoms with Crippen LogP contribution in [-0.2, 0) is 25.6 Å². The van der Waals surface area contributed by atoms with Gasteiger partial charge in [-0.05, 0) is 120 Å². The van der Waals surface area contributed by atoms with E-state index in [0.717, 1.165) is 96.8 Å². The van der Waals surface area contributed by atoms with Gasteiger partial charge in [0.05, 0.1) is 13.0 Å². The van der Waals surface area contributed by atoms with Crippen molar-refractivity contribution in [3.05, 3.63) is 35.9 Å². The van der Waals surface area contributed by atoms with E-state index in [1.54, 1.807) is 4.90 Å². The van der Waals surface area contributed by atoms with Gasteiger partial charge in [-0.15, -0.1) is 0 Å². The van der Waals surface area contributed by atoms with E-state index in [4.69, 9.17) is 0 Å². The first-order valence-corrected chi connectivity index (χ1v) is 16.9. The Morgan fingerprint density at radius 2 is 1.39 bits per heavy atom. The average molecular weight is 612 g/mol. The number of carboxylic acids is 1. The Kier molecular flexibility index (Phi) is 13.9. The van der Waals surface area contributed by atoms with Gasteiger partial charge in [-0.2, -0.15) is 0 Å². The molecule has 3 amide bonds. The summed E-state index contributed by atoms with van der Waals surface area (Å²) in [7, 11) is 0. The molecule has 3 saturated heterocycles. The van der Waals surface area contributed by atoms with Gasteiger partial charge in [0, 0.05) is 19.0 Å². The highest BCUT2D eigenvalue weighted by Gasteiger charge is 2.31. The van der Waals surface area contributed by atoms with Crippen molar-refractivity contribution in [2.75, 3.05) is 45.8 Å². The molecule has 1 aromatic rings. The second-order valence-corrected chi connectivity index (χ2v) is 13.1. The van der Waals surface area contributed by atoms with Crippen molar-refractivity contribution < 1.29 is 24.3 Å². The number of piperidine rings is 3. The monoisotopic (exact) mass is 611 g/mol. The standard InChI is InChI=1S/C34H53N5O5/c40-31(24-37-33(43)29(8-6-25-10-16-35-17-11-25)9-7-26-12-18-36-19-13-26)38-30(23-32(41)42)34(44)39-20-14-28(15-21-39)22-27-4-2-1-3-5-27/h1-5,25-26,28-30,35-36H,6-24H2,(H,37,43)(H,38,40)(H,41,42)/t30-/m0/s1. The Morgan fingerprint density at radius 1 is 0.818 bits per heavy atom. The van der Waals surface area contributed by atoms with Gasteiger partial charge >= 0.3 is 5.97 Å². The lowest BCUT2D eigenvalue weighted by atomic mass is 9.84. The number of benzene rings is 1. The van der Waals surface area contributed by atoms with Gasteiger partial charge in [0.25, 0.3) is 0 Å².